The number of carbonyl (C=O) groups excluding carboxylic acids is 4. The van der Waals surface area contributed by atoms with Gasteiger partial charge in [0.15, 0.2) is 0 Å². The summed E-state index contributed by atoms with van der Waals surface area (Å²) in [6.45, 7) is 4.13. The van der Waals surface area contributed by atoms with Crippen molar-refractivity contribution >= 4 is 29.3 Å². The second kappa shape index (κ2) is 20.4. The second-order valence-corrected chi connectivity index (χ2v) is 11.9. The van der Waals surface area contributed by atoms with Crippen molar-refractivity contribution in [3.63, 3.8) is 0 Å². The molecule has 1 aliphatic heterocycles. The van der Waals surface area contributed by atoms with Gasteiger partial charge < -0.3 is 45.6 Å². The van der Waals surface area contributed by atoms with Crippen molar-refractivity contribution in [3.8, 4) is 5.75 Å². The largest absolute Gasteiger partial charge is 0.463 e. The quantitative estimate of drug-likeness (QED) is 0.122. The number of anilines is 1. The first kappa shape index (κ1) is 38.4. The van der Waals surface area contributed by atoms with Gasteiger partial charge in [0.2, 0.25) is 24.0 Å². The van der Waals surface area contributed by atoms with Crippen LogP contribution in [0.4, 0.5) is 5.69 Å². The molecular formula is C35H50N4O9. The molecule has 0 unspecified atom stereocenters. The van der Waals surface area contributed by atoms with Crippen LogP contribution >= 0.6 is 0 Å². The van der Waals surface area contributed by atoms with Crippen LogP contribution in [0.2, 0.25) is 0 Å². The highest BCUT2D eigenvalue weighted by Gasteiger charge is 2.46. The molecule has 3 rings (SSSR count). The van der Waals surface area contributed by atoms with Crippen molar-refractivity contribution in [2.45, 2.75) is 95.9 Å². The molecule has 0 radical (unpaired) electrons. The highest BCUT2D eigenvalue weighted by Crippen LogP contribution is 2.25. The zero-order valence-corrected chi connectivity index (χ0v) is 27.8. The molecule has 1 aliphatic rings. The summed E-state index contributed by atoms with van der Waals surface area (Å²) in [5.74, 6) is -0.504. The van der Waals surface area contributed by atoms with Crippen LogP contribution in [0.1, 0.15) is 75.6 Å². The number of aliphatic hydroxyl groups is 3. The average Bonchev–Trinajstić information content (AvgIpc) is 3.08. The third kappa shape index (κ3) is 12.5. The first-order valence-corrected chi connectivity index (χ1v) is 16.7. The summed E-state index contributed by atoms with van der Waals surface area (Å²) in [6, 6.07) is 14.3. The van der Waals surface area contributed by atoms with Crippen molar-refractivity contribution in [2.24, 2.45) is 0 Å². The van der Waals surface area contributed by atoms with E-state index in [0.29, 0.717) is 36.5 Å². The van der Waals surface area contributed by atoms with E-state index in [0.717, 1.165) is 38.5 Å². The summed E-state index contributed by atoms with van der Waals surface area (Å²) in [4.78, 5) is 51.4. The Morgan fingerprint density at radius 2 is 1.60 bits per heavy atom. The minimum absolute atomic E-state index is 0.0266. The zero-order chi connectivity index (χ0) is 34.9. The van der Waals surface area contributed by atoms with E-state index in [9.17, 15) is 34.5 Å². The Labute approximate surface area is 282 Å². The van der Waals surface area contributed by atoms with E-state index < -0.39 is 43.2 Å². The molecule has 1 saturated heterocycles. The topological polar surface area (TPSA) is 187 Å². The summed E-state index contributed by atoms with van der Waals surface area (Å²) in [6.07, 6.45) is 0.515. The summed E-state index contributed by atoms with van der Waals surface area (Å²) in [7, 11) is 0. The van der Waals surface area contributed by atoms with Gasteiger partial charge in [-0.2, -0.15) is 0 Å². The molecule has 13 heteroatoms. The highest BCUT2D eigenvalue weighted by atomic mass is 16.7. The fourth-order valence-electron chi connectivity index (χ4n) is 5.33. The highest BCUT2D eigenvalue weighted by molar-refractivity contribution is 5.94. The van der Waals surface area contributed by atoms with Crippen LogP contribution in [0.3, 0.4) is 0 Å². The Morgan fingerprint density at radius 3 is 2.27 bits per heavy atom. The molecule has 2 aromatic carbocycles. The Morgan fingerprint density at radius 1 is 0.875 bits per heavy atom. The molecule has 0 aromatic heterocycles. The van der Waals surface area contributed by atoms with E-state index in [4.69, 9.17) is 9.47 Å². The molecule has 0 bridgehead atoms. The minimum atomic E-state index is -1.44. The van der Waals surface area contributed by atoms with Crippen LogP contribution in [-0.4, -0.2) is 101 Å². The van der Waals surface area contributed by atoms with Crippen LogP contribution in [0, 0.1) is 0 Å². The summed E-state index contributed by atoms with van der Waals surface area (Å²) in [5, 5.41) is 38.4. The van der Waals surface area contributed by atoms with Gasteiger partial charge in [-0.05, 0) is 62.1 Å². The van der Waals surface area contributed by atoms with Gasteiger partial charge in [0.05, 0.1) is 6.61 Å². The van der Waals surface area contributed by atoms with E-state index in [-0.39, 0.29) is 30.7 Å². The van der Waals surface area contributed by atoms with Gasteiger partial charge in [0.25, 0.3) is 5.91 Å². The molecule has 48 heavy (non-hydrogen) atoms. The number of nitrogens with zero attached hydrogens (tertiary/aromatic N) is 1. The van der Waals surface area contributed by atoms with Crippen LogP contribution in [0.15, 0.2) is 54.6 Å². The van der Waals surface area contributed by atoms with Gasteiger partial charge in [-0.25, -0.2) is 0 Å². The monoisotopic (exact) mass is 670 g/mol. The van der Waals surface area contributed by atoms with Crippen molar-refractivity contribution in [3.05, 3.63) is 60.2 Å². The SMILES string of the molecule is CCCCCC(=O)N(CCCCCNC(=O)c1ccccc1)CCC(=O)Nc1ccc(O[C@@H]2O[C@H](CO)[C@H](O)[C@H](O)[C@H]2NC(C)=O)cc1. The predicted octanol–water partition coefficient (Wildman–Crippen LogP) is 2.35. The summed E-state index contributed by atoms with van der Waals surface area (Å²) >= 11 is 0. The smallest absolute Gasteiger partial charge is 0.251 e. The number of benzene rings is 2. The standard InChI is InChI=1S/C35H50N4O9/c1-3-4-7-14-30(43)39(21-11-6-10-20-36-34(46)25-12-8-5-9-13-25)22-19-29(42)38-26-15-17-27(18-16-26)47-35-31(37-24(2)41)33(45)32(44)28(23-40)48-35/h5,8-9,12-13,15-18,28,31-33,35,40,44-45H,3-4,6-7,10-11,14,19-23H2,1-2H3,(H,36,46)(H,37,41)(H,38,42)/t28-,31-,32+,33-,35-/m1/s1. The van der Waals surface area contributed by atoms with Gasteiger partial charge in [0, 0.05) is 50.7 Å². The number of hydrogen-bond acceptors (Lipinski definition) is 9. The molecule has 5 atom stereocenters. The fourth-order valence-corrected chi connectivity index (χ4v) is 5.33. The van der Waals surface area contributed by atoms with Crippen molar-refractivity contribution in [1.82, 2.24) is 15.5 Å². The van der Waals surface area contributed by atoms with Crippen LogP contribution in [0.5, 0.6) is 5.75 Å². The molecule has 4 amide bonds. The lowest BCUT2D eigenvalue weighted by Gasteiger charge is -2.42. The lowest BCUT2D eigenvalue weighted by Crippen LogP contribution is -2.65. The predicted molar refractivity (Wildman–Crippen MR) is 179 cm³/mol. The first-order valence-electron chi connectivity index (χ1n) is 16.7. The Kier molecular flexibility index (Phi) is 16.3. The van der Waals surface area contributed by atoms with Gasteiger partial charge in [0.1, 0.15) is 30.1 Å². The van der Waals surface area contributed by atoms with E-state index in [1.165, 1.54) is 6.92 Å². The van der Waals surface area contributed by atoms with Gasteiger partial charge in [-0.3, -0.25) is 19.2 Å². The maximum atomic E-state index is 13.0. The molecule has 0 spiro atoms. The number of rotatable bonds is 19. The maximum absolute atomic E-state index is 13.0. The van der Waals surface area contributed by atoms with E-state index in [2.05, 4.69) is 22.9 Å². The minimum Gasteiger partial charge on any atom is -0.463 e. The molecule has 0 aliphatic carbocycles. The van der Waals surface area contributed by atoms with Crippen molar-refractivity contribution in [1.29, 1.82) is 0 Å². The van der Waals surface area contributed by atoms with Crippen LogP contribution < -0.4 is 20.7 Å². The van der Waals surface area contributed by atoms with Crippen molar-refractivity contribution in [2.75, 3.05) is 31.6 Å². The maximum Gasteiger partial charge on any atom is 0.251 e. The Bertz CT molecular complexity index is 1290. The number of nitrogens with one attached hydrogen (secondary N) is 3. The molecular weight excluding hydrogens is 620 g/mol. The first-order chi connectivity index (χ1) is 23.1. The average molecular weight is 671 g/mol. The van der Waals surface area contributed by atoms with Crippen LogP contribution in [0.25, 0.3) is 0 Å². The number of hydrogen-bond donors (Lipinski definition) is 6. The third-order valence-corrected chi connectivity index (χ3v) is 8.02. The van der Waals surface area contributed by atoms with E-state index in [1.807, 2.05) is 18.2 Å². The Hall–Kier alpha value is -4.04. The molecule has 1 heterocycles. The molecule has 2 aromatic rings. The fraction of sp³-hybridized carbons (Fsp3) is 0.543. The molecule has 13 nitrogen and oxygen atoms in total. The summed E-state index contributed by atoms with van der Waals surface area (Å²) in [5.41, 5.74) is 1.12. The van der Waals surface area contributed by atoms with Crippen molar-refractivity contribution < 1.29 is 44.0 Å². The number of carbonyl (C=O) groups is 4. The van der Waals surface area contributed by atoms with Crippen LogP contribution in [-0.2, 0) is 19.1 Å². The molecule has 1 fully saturated rings. The van der Waals surface area contributed by atoms with Gasteiger partial charge in [-0.1, -0.05) is 38.0 Å². The number of ether oxygens (including phenoxy) is 2. The number of unbranched alkanes of at least 4 members (excludes halogenated alkanes) is 4. The molecule has 6 N–H and O–H groups in total. The Balaban J connectivity index is 1.47. The number of amides is 4. The lowest BCUT2D eigenvalue weighted by atomic mass is 9.97. The lowest BCUT2D eigenvalue weighted by molar-refractivity contribution is -0.244. The number of aliphatic hydroxyl groups excluding tert-OH is 3. The second-order valence-electron chi connectivity index (χ2n) is 11.9. The molecule has 264 valence electrons. The van der Waals surface area contributed by atoms with Gasteiger partial charge >= 0.3 is 0 Å². The normalized spacial score (nSPS) is 20.4. The third-order valence-electron chi connectivity index (χ3n) is 8.02. The van der Waals surface area contributed by atoms with Gasteiger partial charge in [-0.15, -0.1) is 0 Å². The van der Waals surface area contributed by atoms with E-state index in [1.54, 1.807) is 41.3 Å². The van der Waals surface area contributed by atoms with E-state index >= 15 is 0 Å². The molecule has 0 saturated carbocycles. The summed E-state index contributed by atoms with van der Waals surface area (Å²) < 4.78 is 11.4. The zero-order valence-electron chi connectivity index (χ0n) is 27.8.